The van der Waals surface area contributed by atoms with E-state index in [1.54, 1.807) is 6.92 Å². The van der Waals surface area contributed by atoms with E-state index >= 15 is 0 Å². The summed E-state index contributed by atoms with van der Waals surface area (Å²) in [5, 5.41) is 1.24. The fourth-order valence-electron chi connectivity index (χ4n) is 3.23. The van der Waals surface area contributed by atoms with Gasteiger partial charge < -0.3 is 0 Å². The Balaban J connectivity index is 1.49. The quantitative estimate of drug-likeness (QED) is 0.855. The second kappa shape index (κ2) is 6.95. The summed E-state index contributed by atoms with van der Waals surface area (Å²) in [7, 11) is -3.06. The van der Waals surface area contributed by atoms with Crippen LogP contribution in [0.3, 0.4) is 0 Å². The topological polar surface area (TPSA) is 62.3 Å². The summed E-state index contributed by atoms with van der Waals surface area (Å²) < 4.78 is 25.7. The van der Waals surface area contributed by atoms with Crippen molar-refractivity contribution in [2.75, 3.05) is 25.4 Å². The fourth-order valence-corrected chi connectivity index (χ4v) is 5.13. The van der Waals surface area contributed by atoms with E-state index in [4.69, 9.17) is 4.98 Å². The number of fused-ring (bicyclic) bond motifs is 1. The smallest absolute Gasteiger partial charge is 0.211 e. The highest BCUT2D eigenvalue weighted by Gasteiger charge is 2.25. The van der Waals surface area contributed by atoms with Crippen LogP contribution >= 0.6 is 11.3 Å². The third kappa shape index (κ3) is 4.07. The van der Waals surface area contributed by atoms with Gasteiger partial charge in [0.15, 0.2) is 0 Å². The molecule has 2 heterocycles. The number of nitrogens with one attached hydrogen (secondary N) is 1. The van der Waals surface area contributed by atoms with E-state index in [0.29, 0.717) is 12.5 Å². The molecular weight excluding hydrogens is 318 g/mol. The van der Waals surface area contributed by atoms with Crippen LogP contribution in [0.25, 0.3) is 0 Å². The van der Waals surface area contributed by atoms with Crippen molar-refractivity contribution in [1.29, 1.82) is 0 Å². The zero-order chi connectivity index (χ0) is 15.6. The van der Waals surface area contributed by atoms with E-state index in [9.17, 15) is 8.42 Å². The van der Waals surface area contributed by atoms with Crippen molar-refractivity contribution < 1.29 is 8.42 Å². The van der Waals surface area contributed by atoms with Crippen molar-refractivity contribution in [3.8, 4) is 0 Å². The van der Waals surface area contributed by atoms with E-state index in [0.717, 1.165) is 32.5 Å². The van der Waals surface area contributed by atoms with Gasteiger partial charge >= 0.3 is 0 Å². The van der Waals surface area contributed by atoms with Crippen LogP contribution in [-0.4, -0.2) is 43.7 Å². The summed E-state index contributed by atoms with van der Waals surface area (Å²) >= 11 is 1.88. The van der Waals surface area contributed by atoms with E-state index in [2.05, 4.69) is 9.62 Å². The molecule has 124 valence electrons. The van der Waals surface area contributed by atoms with Crippen LogP contribution in [0.15, 0.2) is 0 Å². The summed E-state index contributed by atoms with van der Waals surface area (Å²) in [4.78, 5) is 8.71. The maximum absolute atomic E-state index is 11.5. The SMILES string of the molecule is CCS(=O)(=O)NCC1CCN(Cc2nc3c(s2)CCCC3)C1. The van der Waals surface area contributed by atoms with Crippen LogP contribution in [0, 0.1) is 5.92 Å². The number of nitrogens with zero attached hydrogens (tertiary/aromatic N) is 2. The molecule has 1 aliphatic heterocycles. The van der Waals surface area contributed by atoms with Gasteiger partial charge in [0, 0.05) is 18.0 Å². The van der Waals surface area contributed by atoms with Gasteiger partial charge in [-0.2, -0.15) is 0 Å². The molecule has 1 unspecified atom stereocenters. The third-order valence-electron chi connectivity index (χ3n) is 4.59. The Morgan fingerprint density at radius 2 is 2.18 bits per heavy atom. The van der Waals surface area contributed by atoms with Crippen molar-refractivity contribution in [3.05, 3.63) is 15.6 Å². The van der Waals surface area contributed by atoms with Crippen molar-refractivity contribution in [2.24, 2.45) is 5.92 Å². The molecule has 1 atom stereocenters. The van der Waals surface area contributed by atoms with Crippen molar-refractivity contribution >= 4 is 21.4 Å². The largest absolute Gasteiger partial charge is 0.296 e. The maximum atomic E-state index is 11.5. The fraction of sp³-hybridized carbons (Fsp3) is 0.800. The van der Waals surface area contributed by atoms with Crippen molar-refractivity contribution in [3.63, 3.8) is 0 Å². The minimum atomic E-state index is -3.06. The highest BCUT2D eigenvalue weighted by molar-refractivity contribution is 7.89. The van der Waals surface area contributed by atoms with Crippen LogP contribution in [0.4, 0.5) is 0 Å². The Morgan fingerprint density at radius 1 is 1.36 bits per heavy atom. The lowest BCUT2D eigenvalue weighted by atomic mass is 10.0. The molecule has 2 aliphatic rings. The number of thiazole rings is 1. The van der Waals surface area contributed by atoms with Crippen LogP contribution in [0.5, 0.6) is 0 Å². The molecule has 0 spiro atoms. The molecule has 7 heteroatoms. The number of sulfonamides is 1. The van der Waals surface area contributed by atoms with Gasteiger partial charge in [0.1, 0.15) is 5.01 Å². The van der Waals surface area contributed by atoms with Crippen LogP contribution in [0.1, 0.15) is 41.8 Å². The molecule has 0 radical (unpaired) electrons. The van der Waals surface area contributed by atoms with Gasteiger partial charge in [-0.25, -0.2) is 18.1 Å². The zero-order valence-electron chi connectivity index (χ0n) is 13.2. The standard InChI is InChI=1S/C15H25N3O2S2/c1-2-22(19,20)16-9-12-7-8-18(10-12)11-15-17-13-5-3-4-6-14(13)21-15/h12,16H,2-11H2,1H3. The first-order chi connectivity index (χ1) is 10.6. The van der Waals surface area contributed by atoms with E-state index in [-0.39, 0.29) is 5.75 Å². The Morgan fingerprint density at radius 3 is 2.95 bits per heavy atom. The molecule has 1 aliphatic carbocycles. The highest BCUT2D eigenvalue weighted by atomic mass is 32.2. The van der Waals surface area contributed by atoms with E-state index < -0.39 is 10.0 Å². The summed E-state index contributed by atoms with van der Waals surface area (Å²) in [6, 6.07) is 0. The Hall–Kier alpha value is -0.500. The average Bonchev–Trinajstić information content (AvgIpc) is 3.11. The molecule has 22 heavy (non-hydrogen) atoms. The number of aromatic nitrogens is 1. The molecule has 1 aromatic heterocycles. The minimum absolute atomic E-state index is 0.161. The molecule has 3 rings (SSSR count). The summed E-state index contributed by atoms with van der Waals surface area (Å²) in [5.74, 6) is 0.588. The molecule has 0 aromatic carbocycles. The van der Waals surface area contributed by atoms with E-state index in [1.807, 2.05) is 11.3 Å². The summed E-state index contributed by atoms with van der Waals surface area (Å²) in [5.41, 5.74) is 1.33. The molecule has 5 nitrogen and oxygen atoms in total. The number of hydrogen-bond acceptors (Lipinski definition) is 5. The van der Waals surface area contributed by atoms with Crippen LogP contribution < -0.4 is 4.72 Å². The van der Waals surface area contributed by atoms with Gasteiger partial charge in [-0.3, -0.25) is 4.90 Å². The first-order valence-electron chi connectivity index (χ1n) is 8.23. The predicted molar refractivity (Wildman–Crippen MR) is 89.6 cm³/mol. The zero-order valence-corrected chi connectivity index (χ0v) is 14.8. The molecule has 1 saturated heterocycles. The van der Waals surface area contributed by atoms with E-state index in [1.165, 1.54) is 34.8 Å². The molecular formula is C15H25N3O2S2. The minimum Gasteiger partial charge on any atom is -0.296 e. The molecule has 0 bridgehead atoms. The first kappa shape index (κ1) is 16.4. The number of rotatable bonds is 6. The summed E-state index contributed by atoms with van der Waals surface area (Å²) in [6.07, 6.45) is 6.00. The van der Waals surface area contributed by atoms with Gasteiger partial charge in [-0.05, 0) is 51.5 Å². The maximum Gasteiger partial charge on any atom is 0.211 e. The van der Waals surface area contributed by atoms with Gasteiger partial charge in [-0.1, -0.05) is 0 Å². The number of hydrogen-bond donors (Lipinski definition) is 1. The number of likely N-dealkylation sites (tertiary alicyclic amines) is 1. The molecule has 1 fully saturated rings. The predicted octanol–water partition coefficient (Wildman–Crippen LogP) is 1.78. The molecule has 0 amide bonds. The third-order valence-corrected chi connectivity index (χ3v) is 7.10. The van der Waals surface area contributed by atoms with Gasteiger partial charge in [0.05, 0.1) is 18.0 Å². The first-order valence-corrected chi connectivity index (χ1v) is 10.7. The monoisotopic (exact) mass is 343 g/mol. The van der Waals surface area contributed by atoms with Gasteiger partial charge in [0.25, 0.3) is 0 Å². The van der Waals surface area contributed by atoms with Crippen molar-refractivity contribution in [1.82, 2.24) is 14.6 Å². The Bertz CT molecular complexity index is 589. The van der Waals surface area contributed by atoms with Crippen molar-refractivity contribution in [2.45, 2.75) is 45.6 Å². The Labute approximate surface area is 137 Å². The molecule has 0 saturated carbocycles. The lowest BCUT2D eigenvalue weighted by Gasteiger charge is -2.14. The lowest BCUT2D eigenvalue weighted by Crippen LogP contribution is -2.31. The van der Waals surface area contributed by atoms with Crippen LogP contribution in [-0.2, 0) is 29.4 Å². The van der Waals surface area contributed by atoms with Crippen LogP contribution in [0.2, 0.25) is 0 Å². The Kier molecular flexibility index (Phi) is 5.17. The van der Waals surface area contributed by atoms with Gasteiger partial charge in [-0.15, -0.1) is 11.3 Å². The second-order valence-corrected chi connectivity index (χ2v) is 9.59. The molecule has 1 N–H and O–H groups in total. The second-order valence-electron chi connectivity index (χ2n) is 6.33. The normalized spacial score (nSPS) is 22.9. The molecule has 1 aromatic rings. The highest BCUT2D eigenvalue weighted by Crippen LogP contribution is 2.28. The lowest BCUT2D eigenvalue weighted by molar-refractivity contribution is 0.316. The summed E-state index contributed by atoms with van der Waals surface area (Å²) in [6.45, 7) is 5.18. The average molecular weight is 344 g/mol. The van der Waals surface area contributed by atoms with Gasteiger partial charge in [0.2, 0.25) is 10.0 Å². The number of aryl methyl sites for hydroxylation is 2.